The van der Waals surface area contributed by atoms with E-state index < -0.39 is 36.8 Å². The Balaban J connectivity index is 2.66. The average molecular weight is 277 g/mol. The number of non-ortho nitro benzene ring substituents is 1. The van der Waals surface area contributed by atoms with E-state index in [-0.39, 0.29) is 16.1 Å². The Morgan fingerprint density at radius 1 is 1.47 bits per heavy atom. The summed E-state index contributed by atoms with van der Waals surface area (Å²) in [6, 6.07) is 3.27. The summed E-state index contributed by atoms with van der Waals surface area (Å²) in [6.45, 7) is 0. The molecule has 1 N–H and O–H groups in total. The van der Waals surface area contributed by atoms with Crippen molar-refractivity contribution in [1.82, 2.24) is 0 Å². The molecule has 92 valence electrons. The fraction of sp³-hybridized carbons (Fsp3) is 0.250. The Morgan fingerprint density at radius 2 is 2.12 bits per heavy atom. The summed E-state index contributed by atoms with van der Waals surface area (Å²) in [7, 11) is -3.71. The molecule has 9 heteroatoms. The Kier molecular flexibility index (Phi) is 2.76. The standard InChI is InChI=1S/C8H7NO6S2/c10-9(11)5-1-2-6-7(16(12)13)4-17(14,15)8(6)3-5/h1-3,7H,4H2,(H,12,13). The van der Waals surface area contributed by atoms with Gasteiger partial charge in [0.2, 0.25) is 0 Å². The van der Waals surface area contributed by atoms with E-state index in [0.29, 0.717) is 0 Å². The van der Waals surface area contributed by atoms with Crippen molar-refractivity contribution in [1.29, 1.82) is 0 Å². The quantitative estimate of drug-likeness (QED) is 0.482. The highest BCUT2D eigenvalue weighted by Gasteiger charge is 2.39. The van der Waals surface area contributed by atoms with E-state index in [4.69, 9.17) is 4.55 Å². The maximum atomic E-state index is 11.7. The number of nitro groups is 1. The summed E-state index contributed by atoms with van der Waals surface area (Å²) < 4.78 is 43.3. The molecule has 2 unspecified atom stereocenters. The maximum absolute atomic E-state index is 11.7. The van der Waals surface area contributed by atoms with Crippen molar-refractivity contribution in [2.75, 3.05) is 5.75 Å². The second-order valence-corrected chi connectivity index (χ2v) is 6.65. The minimum absolute atomic E-state index is 0.163. The Hall–Kier alpha value is -1.32. The van der Waals surface area contributed by atoms with Crippen LogP contribution in [0.15, 0.2) is 23.1 Å². The summed E-state index contributed by atoms with van der Waals surface area (Å²) in [6.07, 6.45) is 0. The lowest BCUT2D eigenvalue weighted by atomic mass is 10.1. The van der Waals surface area contributed by atoms with Gasteiger partial charge in [-0.15, -0.1) is 0 Å². The topological polar surface area (TPSA) is 115 Å². The van der Waals surface area contributed by atoms with Gasteiger partial charge in [-0.2, -0.15) is 0 Å². The minimum atomic E-state index is -3.71. The van der Waals surface area contributed by atoms with Gasteiger partial charge in [-0.25, -0.2) is 12.6 Å². The zero-order chi connectivity index (χ0) is 12.8. The first-order valence-electron chi connectivity index (χ1n) is 4.43. The Bertz CT molecular complexity index is 623. The van der Waals surface area contributed by atoms with E-state index in [1.165, 1.54) is 6.07 Å². The molecule has 7 nitrogen and oxygen atoms in total. The van der Waals surface area contributed by atoms with Gasteiger partial charge in [-0.3, -0.25) is 10.1 Å². The van der Waals surface area contributed by atoms with Crippen LogP contribution in [0.25, 0.3) is 0 Å². The van der Waals surface area contributed by atoms with E-state index in [1.54, 1.807) is 0 Å². The van der Waals surface area contributed by atoms with Crippen LogP contribution in [0.3, 0.4) is 0 Å². The van der Waals surface area contributed by atoms with Crippen molar-refractivity contribution < 1.29 is 22.1 Å². The summed E-state index contributed by atoms with van der Waals surface area (Å²) in [4.78, 5) is 9.60. The molecule has 1 aromatic carbocycles. The van der Waals surface area contributed by atoms with Crippen molar-refractivity contribution in [3.05, 3.63) is 33.9 Å². The van der Waals surface area contributed by atoms with Gasteiger partial charge in [-0.1, -0.05) is 0 Å². The fourth-order valence-electron chi connectivity index (χ4n) is 1.72. The van der Waals surface area contributed by atoms with Gasteiger partial charge >= 0.3 is 0 Å². The van der Waals surface area contributed by atoms with Crippen LogP contribution in [-0.4, -0.2) is 27.9 Å². The molecule has 1 heterocycles. The maximum Gasteiger partial charge on any atom is 0.270 e. The number of fused-ring (bicyclic) bond motifs is 1. The fourth-order valence-corrected chi connectivity index (χ4v) is 4.85. The molecule has 0 bridgehead atoms. The lowest BCUT2D eigenvalue weighted by Gasteiger charge is -2.03. The average Bonchev–Trinajstić information content (AvgIpc) is 2.51. The molecule has 2 rings (SSSR count). The van der Waals surface area contributed by atoms with Crippen molar-refractivity contribution >= 4 is 26.6 Å². The first-order chi connectivity index (χ1) is 7.83. The second-order valence-electron chi connectivity index (χ2n) is 3.53. The molecule has 0 fully saturated rings. The molecule has 17 heavy (non-hydrogen) atoms. The van der Waals surface area contributed by atoms with Crippen LogP contribution < -0.4 is 0 Å². The van der Waals surface area contributed by atoms with Crippen LogP contribution in [0.5, 0.6) is 0 Å². The molecule has 1 aliphatic heterocycles. The number of nitro benzene ring substituents is 1. The summed E-state index contributed by atoms with van der Waals surface area (Å²) in [5.74, 6) is -0.493. The number of hydrogen-bond acceptors (Lipinski definition) is 5. The molecule has 1 aromatic rings. The van der Waals surface area contributed by atoms with Crippen LogP contribution in [-0.2, 0) is 20.9 Å². The molecule has 0 radical (unpaired) electrons. The van der Waals surface area contributed by atoms with Crippen molar-refractivity contribution in [3.8, 4) is 0 Å². The third kappa shape index (κ3) is 1.96. The zero-order valence-corrected chi connectivity index (χ0v) is 9.90. The number of rotatable bonds is 2. The van der Waals surface area contributed by atoms with Crippen molar-refractivity contribution in [3.63, 3.8) is 0 Å². The van der Waals surface area contributed by atoms with Crippen LogP contribution in [0.1, 0.15) is 10.8 Å². The van der Waals surface area contributed by atoms with Gasteiger partial charge in [-0.05, 0) is 11.6 Å². The zero-order valence-electron chi connectivity index (χ0n) is 8.27. The lowest BCUT2D eigenvalue weighted by Crippen LogP contribution is -2.08. The monoisotopic (exact) mass is 277 g/mol. The molecule has 2 atom stereocenters. The normalized spacial score (nSPS) is 23.0. The highest BCUT2D eigenvalue weighted by Crippen LogP contribution is 2.38. The first-order valence-corrected chi connectivity index (χ1v) is 7.26. The predicted octanol–water partition coefficient (Wildman–Crippen LogP) is 0.645. The van der Waals surface area contributed by atoms with Crippen molar-refractivity contribution in [2.24, 2.45) is 0 Å². The van der Waals surface area contributed by atoms with E-state index in [2.05, 4.69) is 0 Å². The van der Waals surface area contributed by atoms with Gasteiger partial charge in [0, 0.05) is 12.1 Å². The Morgan fingerprint density at radius 3 is 2.65 bits per heavy atom. The van der Waals surface area contributed by atoms with Gasteiger partial charge in [0.25, 0.3) is 5.69 Å². The lowest BCUT2D eigenvalue weighted by molar-refractivity contribution is -0.385. The molecular formula is C8H7NO6S2. The smallest absolute Gasteiger partial charge is 0.270 e. The van der Waals surface area contributed by atoms with E-state index in [0.717, 1.165) is 12.1 Å². The van der Waals surface area contributed by atoms with Crippen molar-refractivity contribution in [2.45, 2.75) is 10.1 Å². The van der Waals surface area contributed by atoms with Crippen LogP contribution in [0.2, 0.25) is 0 Å². The summed E-state index contributed by atoms with van der Waals surface area (Å²) in [5.41, 5.74) is -0.187. The second kappa shape index (κ2) is 3.86. The van der Waals surface area contributed by atoms with Crippen LogP contribution in [0, 0.1) is 10.1 Å². The molecule has 0 aliphatic carbocycles. The van der Waals surface area contributed by atoms with Gasteiger partial charge in [0.15, 0.2) is 20.9 Å². The van der Waals surface area contributed by atoms with Gasteiger partial charge < -0.3 is 4.55 Å². The van der Waals surface area contributed by atoms with Gasteiger partial charge in [0.05, 0.1) is 15.6 Å². The molecular weight excluding hydrogens is 270 g/mol. The third-order valence-electron chi connectivity index (χ3n) is 2.50. The number of nitrogens with zero attached hydrogens (tertiary/aromatic N) is 1. The molecule has 1 aliphatic rings. The first kappa shape index (κ1) is 12.1. The largest absolute Gasteiger partial charge is 0.306 e. The predicted molar refractivity (Wildman–Crippen MR) is 58.7 cm³/mol. The van der Waals surface area contributed by atoms with Crippen LogP contribution >= 0.6 is 0 Å². The van der Waals surface area contributed by atoms with E-state index in [9.17, 15) is 22.7 Å². The van der Waals surface area contributed by atoms with Crippen LogP contribution in [0.4, 0.5) is 5.69 Å². The molecule has 0 saturated heterocycles. The minimum Gasteiger partial charge on any atom is -0.306 e. The van der Waals surface area contributed by atoms with E-state index >= 15 is 0 Å². The number of sulfone groups is 1. The third-order valence-corrected chi connectivity index (χ3v) is 5.42. The SMILES string of the molecule is O=[N+]([O-])c1ccc2c(c1)S(=O)(=O)CC2S(=O)O. The van der Waals surface area contributed by atoms with E-state index in [1.807, 2.05) is 0 Å². The molecule has 0 aromatic heterocycles. The van der Waals surface area contributed by atoms with Gasteiger partial charge in [0.1, 0.15) is 5.25 Å². The highest BCUT2D eigenvalue weighted by atomic mass is 32.2. The summed E-state index contributed by atoms with van der Waals surface area (Å²) >= 11 is -2.32. The molecule has 0 amide bonds. The highest BCUT2D eigenvalue weighted by molar-refractivity contribution is 7.93. The Labute approximate surface area is 98.8 Å². The number of hydrogen-bond donors (Lipinski definition) is 1. The molecule has 0 saturated carbocycles. The summed E-state index contributed by atoms with van der Waals surface area (Å²) in [5, 5.41) is 9.50. The number of benzene rings is 1. The molecule has 0 spiro atoms.